The number of aliphatic imine (C=N–C) groups is 1. The van der Waals surface area contributed by atoms with E-state index in [1.807, 2.05) is 0 Å². The Hall–Kier alpha value is -0.900. The van der Waals surface area contributed by atoms with Crippen molar-refractivity contribution in [3.05, 3.63) is 35.1 Å². The van der Waals surface area contributed by atoms with Crippen molar-refractivity contribution in [1.82, 2.24) is 10.6 Å². The number of nitrogens with zero attached hydrogens (tertiary/aromatic N) is 1. The minimum Gasteiger partial charge on any atom is -0.356 e. The van der Waals surface area contributed by atoms with Crippen LogP contribution in [-0.2, 0) is 22.1 Å². The first-order valence-electron chi connectivity index (χ1n) is 9.73. The zero-order chi connectivity index (χ0) is 19.4. The highest BCUT2D eigenvalue weighted by Crippen LogP contribution is 2.49. The molecular formula is C20H31FIN3O2S. The molecule has 2 aliphatic rings. The number of guanidine groups is 1. The first kappa shape index (κ1) is 23.4. The molecule has 158 valence electrons. The van der Waals surface area contributed by atoms with Crippen LogP contribution in [0.5, 0.6) is 0 Å². The van der Waals surface area contributed by atoms with Crippen LogP contribution in [0.15, 0.2) is 23.2 Å². The molecule has 5 nitrogen and oxygen atoms in total. The van der Waals surface area contributed by atoms with Gasteiger partial charge in [0.1, 0.15) is 5.82 Å². The number of fused-ring (bicyclic) bond motifs is 2. The minimum absolute atomic E-state index is 0. The molecule has 2 saturated carbocycles. The molecule has 1 aromatic rings. The second-order valence-electron chi connectivity index (χ2n) is 8.06. The van der Waals surface area contributed by atoms with Crippen molar-refractivity contribution >= 4 is 39.8 Å². The molecule has 28 heavy (non-hydrogen) atoms. The van der Waals surface area contributed by atoms with Crippen molar-refractivity contribution in [3.8, 4) is 0 Å². The van der Waals surface area contributed by atoms with E-state index in [0.29, 0.717) is 23.6 Å². The smallest absolute Gasteiger partial charge is 0.191 e. The molecule has 0 spiro atoms. The van der Waals surface area contributed by atoms with Crippen LogP contribution in [0.3, 0.4) is 0 Å². The molecule has 0 amide bonds. The van der Waals surface area contributed by atoms with Crippen LogP contribution in [0.4, 0.5) is 4.39 Å². The zero-order valence-electron chi connectivity index (χ0n) is 16.6. The third-order valence-corrected chi connectivity index (χ3v) is 6.78. The van der Waals surface area contributed by atoms with Crippen LogP contribution in [0.1, 0.15) is 43.2 Å². The third kappa shape index (κ3) is 6.57. The van der Waals surface area contributed by atoms with E-state index in [1.54, 1.807) is 13.1 Å². The Morgan fingerprint density at radius 3 is 2.61 bits per heavy atom. The number of rotatable bonds is 7. The summed E-state index contributed by atoms with van der Waals surface area (Å²) in [5.74, 6) is 2.90. The molecule has 0 aromatic heterocycles. The van der Waals surface area contributed by atoms with Gasteiger partial charge >= 0.3 is 0 Å². The van der Waals surface area contributed by atoms with Crippen molar-refractivity contribution in [1.29, 1.82) is 0 Å². The molecule has 2 N–H and O–H groups in total. The summed E-state index contributed by atoms with van der Waals surface area (Å²) in [4.78, 5) is 4.22. The van der Waals surface area contributed by atoms with E-state index in [0.717, 1.165) is 30.7 Å². The van der Waals surface area contributed by atoms with E-state index < -0.39 is 9.84 Å². The van der Waals surface area contributed by atoms with Crippen LogP contribution in [0, 0.1) is 23.6 Å². The molecule has 1 aromatic carbocycles. The molecule has 0 radical (unpaired) electrons. The summed E-state index contributed by atoms with van der Waals surface area (Å²) < 4.78 is 36.8. The van der Waals surface area contributed by atoms with Gasteiger partial charge in [-0.25, -0.2) is 12.8 Å². The number of sulfone groups is 1. The predicted molar refractivity (Wildman–Crippen MR) is 122 cm³/mol. The monoisotopic (exact) mass is 523 g/mol. The first-order valence-corrected chi connectivity index (χ1v) is 11.8. The van der Waals surface area contributed by atoms with Crippen LogP contribution >= 0.6 is 24.0 Å². The third-order valence-electron chi connectivity index (χ3n) is 5.95. The largest absolute Gasteiger partial charge is 0.356 e. The highest BCUT2D eigenvalue weighted by molar-refractivity contribution is 14.0. The Labute approximate surface area is 184 Å². The van der Waals surface area contributed by atoms with E-state index in [-0.39, 0.29) is 35.5 Å². The molecule has 0 saturated heterocycles. The maximum absolute atomic E-state index is 13.6. The van der Waals surface area contributed by atoms with E-state index >= 15 is 0 Å². The average Bonchev–Trinajstić information content (AvgIpc) is 3.22. The van der Waals surface area contributed by atoms with Crippen LogP contribution in [-0.4, -0.2) is 34.2 Å². The molecule has 3 rings (SSSR count). The fraction of sp³-hybridized carbons (Fsp3) is 0.650. The molecule has 8 heteroatoms. The van der Waals surface area contributed by atoms with Gasteiger partial charge in [0.15, 0.2) is 15.8 Å². The number of hydrogen-bond donors (Lipinski definition) is 2. The minimum atomic E-state index is -3.18. The lowest BCUT2D eigenvalue weighted by Crippen LogP contribution is -2.38. The summed E-state index contributed by atoms with van der Waals surface area (Å²) in [5.41, 5.74) is 1.25. The van der Waals surface area contributed by atoms with Crippen molar-refractivity contribution in [2.45, 2.75) is 44.4 Å². The maximum Gasteiger partial charge on any atom is 0.191 e. The second kappa shape index (κ2) is 10.2. The van der Waals surface area contributed by atoms with Crippen molar-refractivity contribution in [3.63, 3.8) is 0 Å². The summed E-state index contributed by atoms with van der Waals surface area (Å²) in [7, 11) is -1.48. The Bertz CT molecular complexity index is 801. The fourth-order valence-corrected chi connectivity index (χ4v) is 5.53. The lowest BCUT2D eigenvalue weighted by Gasteiger charge is -2.22. The molecule has 2 bridgehead atoms. The standard InChI is InChI=1S/C20H30FN3O2S.HI/c1-22-20(23-8-7-16-10-14-3-4-15(16)9-14)24-12-18-11-19(21)6-5-17(18)13-27(2,25)26;/h5-6,11,14-16H,3-4,7-10,12-13H2,1-2H3,(H2,22,23,24);1H. The SMILES string of the molecule is CN=C(NCCC1CC2CCC1C2)NCc1cc(F)ccc1CS(C)(=O)=O.I. The highest BCUT2D eigenvalue weighted by atomic mass is 127. The summed E-state index contributed by atoms with van der Waals surface area (Å²) >= 11 is 0. The van der Waals surface area contributed by atoms with Crippen LogP contribution in [0.25, 0.3) is 0 Å². The van der Waals surface area contributed by atoms with Crippen molar-refractivity contribution in [2.75, 3.05) is 19.8 Å². The lowest BCUT2D eigenvalue weighted by molar-refractivity contribution is 0.315. The van der Waals surface area contributed by atoms with Crippen LogP contribution in [0.2, 0.25) is 0 Å². The molecule has 3 unspecified atom stereocenters. The zero-order valence-corrected chi connectivity index (χ0v) is 19.7. The summed E-state index contributed by atoms with van der Waals surface area (Å²) in [5, 5.41) is 6.51. The van der Waals surface area contributed by atoms with Gasteiger partial charge in [0.25, 0.3) is 0 Å². The Morgan fingerprint density at radius 2 is 2.00 bits per heavy atom. The lowest BCUT2D eigenvalue weighted by atomic mass is 9.86. The van der Waals surface area contributed by atoms with Gasteiger partial charge in [-0.15, -0.1) is 24.0 Å². The molecule has 0 heterocycles. The highest BCUT2D eigenvalue weighted by Gasteiger charge is 2.38. The van der Waals surface area contributed by atoms with Gasteiger partial charge in [-0.2, -0.15) is 0 Å². The molecular weight excluding hydrogens is 492 g/mol. The van der Waals surface area contributed by atoms with Crippen molar-refractivity contribution in [2.24, 2.45) is 22.7 Å². The molecule has 3 atom stereocenters. The van der Waals surface area contributed by atoms with Gasteiger partial charge in [-0.1, -0.05) is 12.5 Å². The van der Waals surface area contributed by atoms with E-state index in [2.05, 4.69) is 15.6 Å². The number of nitrogens with one attached hydrogen (secondary N) is 2. The summed E-state index contributed by atoms with van der Waals surface area (Å²) in [6.45, 7) is 1.20. The van der Waals surface area contributed by atoms with Crippen LogP contribution < -0.4 is 10.6 Å². The maximum atomic E-state index is 13.6. The van der Waals surface area contributed by atoms with E-state index in [4.69, 9.17) is 0 Å². The van der Waals surface area contributed by atoms with Gasteiger partial charge in [-0.3, -0.25) is 4.99 Å². The number of benzene rings is 1. The van der Waals surface area contributed by atoms with Gasteiger partial charge in [0.2, 0.25) is 0 Å². The Balaban J connectivity index is 0.00000280. The predicted octanol–water partition coefficient (Wildman–Crippen LogP) is 3.48. The Kier molecular flexibility index (Phi) is 8.54. The molecule has 0 aliphatic heterocycles. The number of hydrogen-bond acceptors (Lipinski definition) is 3. The number of halogens is 2. The normalized spacial score (nSPS) is 24.1. The first-order chi connectivity index (χ1) is 12.8. The van der Waals surface area contributed by atoms with Crippen molar-refractivity contribution < 1.29 is 12.8 Å². The Morgan fingerprint density at radius 1 is 1.21 bits per heavy atom. The molecule has 2 fully saturated rings. The summed E-state index contributed by atoms with van der Waals surface area (Å²) in [6, 6.07) is 4.22. The van der Waals surface area contributed by atoms with E-state index in [1.165, 1.54) is 44.1 Å². The van der Waals surface area contributed by atoms with Gasteiger partial charge < -0.3 is 10.6 Å². The average molecular weight is 523 g/mol. The topological polar surface area (TPSA) is 70.6 Å². The van der Waals surface area contributed by atoms with Gasteiger partial charge in [0, 0.05) is 26.4 Å². The van der Waals surface area contributed by atoms with Gasteiger partial charge in [0.05, 0.1) is 5.75 Å². The summed E-state index contributed by atoms with van der Waals surface area (Å²) in [6.07, 6.45) is 7.94. The quantitative estimate of drug-likeness (QED) is 0.326. The van der Waals surface area contributed by atoms with E-state index in [9.17, 15) is 12.8 Å². The van der Waals surface area contributed by atoms with Gasteiger partial charge in [-0.05, 0) is 66.7 Å². The second-order valence-corrected chi connectivity index (χ2v) is 10.2. The molecule has 2 aliphatic carbocycles. The fourth-order valence-electron chi connectivity index (χ4n) is 4.69.